The van der Waals surface area contributed by atoms with Crippen molar-refractivity contribution >= 4 is 39.5 Å². The Hall–Kier alpha value is -1.94. The number of esters is 4. The lowest BCUT2D eigenvalue weighted by Gasteiger charge is -2.21. The summed E-state index contributed by atoms with van der Waals surface area (Å²) >= 11 is 0. The van der Waals surface area contributed by atoms with Gasteiger partial charge in [0.05, 0.1) is 26.4 Å². The molecule has 0 rings (SSSR count). The molecule has 0 aromatic rings. The molecule has 0 saturated heterocycles. The summed E-state index contributed by atoms with van der Waals surface area (Å²) in [6.07, 6.45) is 53.9. The Kier molecular flexibility index (Phi) is 66.2. The molecule has 17 nitrogen and oxygen atoms in total. The first-order valence-corrected chi connectivity index (χ1v) is 42.9. The van der Waals surface area contributed by atoms with E-state index in [9.17, 15) is 43.2 Å². The van der Waals surface area contributed by atoms with Gasteiger partial charge < -0.3 is 33.8 Å². The zero-order valence-corrected chi connectivity index (χ0v) is 64.6. The number of carbonyl (C=O) groups is 4. The van der Waals surface area contributed by atoms with Crippen molar-refractivity contribution in [2.24, 2.45) is 17.8 Å². The lowest BCUT2D eigenvalue weighted by Crippen LogP contribution is -2.30. The third kappa shape index (κ3) is 69.2. The smallest absolute Gasteiger partial charge is 0.462 e. The van der Waals surface area contributed by atoms with Crippen LogP contribution in [-0.4, -0.2) is 96.7 Å². The van der Waals surface area contributed by atoms with Gasteiger partial charge in [0.25, 0.3) is 0 Å². The largest absolute Gasteiger partial charge is 0.472 e. The van der Waals surface area contributed by atoms with E-state index in [0.717, 1.165) is 108 Å². The molecule has 0 fully saturated rings. The zero-order chi connectivity index (χ0) is 70.9. The molecule has 0 aliphatic rings. The zero-order valence-electron chi connectivity index (χ0n) is 62.8. The van der Waals surface area contributed by atoms with Gasteiger partial charge in [-0.05, 0) is 43.4 Å². The molecule has 0 aliphatic carbocycles. The summed E-state index contributed by atoms with van der Waals surface area (Å²) < 4.78 is 68.6. The first-order chi connectivity index (χ1) is 46.3. The molecule has 0 aromatic heterocycles. The fraction of sp³-hybridized carbons (Fsp3) is 0.948. The van der Waals surface area contributed by atoms with Crippen LogP contribution in [0.3, 0.4) is 0 Å². The molecule has 0 bridgehead atoms. The maximum Gasteiger partial charge on any atom is 0.472 e. The number of unbranched alkanes of at least 4 members (excludes halogenated alkanes) is 42. The molecule has 19 heteroatoms. The number of aliphatic hydroxyl groups is 1. The maximum absolute atomic E-state index is 13.1. The van der Waals surface area contributed by atoms with Crippen LogP contribution in [0.2, 0.25) is 0 Å². The van der Waals surface area contributed by atoms with Crippen molar-refractivity contribution in [3.63, 3.8) is 0 Å². The molecule has 0 aliphatic heterocycles. The number of phosphoric acid groups is 2. The Morgan fingerprint density at radius 1 is 0.302 bits per heavy atom. The van der Waals surface area contributed by atoms with Crippen LogP contribution in [0, 0.1) is 17.8 Å². The lowest BCUT2D eigenvalue weighted by atomic mass is 9.99. The average molecular weight is 1410 g/mol. The molecule has 96 heavy (non-hydrogen) atoms. The molecule has 3 N–H and O–H groups in total. The van der Waals surface area contributed by atoms with Crippen LogP contribution in [0.5, 0.6) is 0 Å². The first-order valence-electron chi connectivity index (χ1n) is 39.9. The Morgan fingerprint density at radius 3 is 0.792 bits per heavy atom. The fourth-order valence-corrected chi connectivity index (χ4v) is 13.3. The van der Waals surface area contributed by atoms with E-state index in [2.05, 4.69) is 48.5 Å². The van der Waals surface area contributed by atoms with Crippen molar-refractivity contribution in [2.45, 2.75) is 414 Å². The molecular formula is C77H150O17P2. The van der Waals surface area contributed by atoms with E-state index in [1.54, 1.807) is 0 Å². The number of carbonyl (C=O) groups excluding carboxylic acids is 4. The van der Waals surface area contributed by atoms with Crippen molar-refractivity contribution in [2.75, 3.05) is 39.6 Å². The van der Waals surface area contributed by atoms with Crippen LogP contribution in [0.15, 0.2) is 0 Å². The van der Waals surface area contributed by atoms with E-state index in [1.165, 1.54) is 205 Å². The molecule has 0 aromatic carbocycles. The van der Waals surface area contributed by atoms with E-state index >= 15 is 0 Å². The van der Waals surface area contributed by atoms with Crippen LogP contribution in [0.25, 0.3) is 0 Å². The molecular weight excluding hydrogens is 1260 g/mol. The quantitative estimate of drug-likeness (QED) is 0.0222. The highest BCUT2D eigenvalue weighted by Gasteiger charge is 2.30. The normalized spacial score (nSPS) is 14.3. The van der Waals surface area contributed by atoms with E-state index in [0.29, 0.717) is 25.7 Å². The molecule has 570 valence electrons. The SMILES string of the molecule is CCCCCCCCCCCCCCCC(=O)O[C@H](COC(=O)CCCCCCCCCCC(C)CC)COP(=O)(O)OC[C@H](O)COP(=O)(O)OC[C@@H](COC(=O)CCCCCCCCCCCCCCC(C)C)OC(=O)CCCCCCCCCCCCCCCC(C)C. The van der Waals surface area contributed by atoms with E-state index in [4.69, 9.17) is 37.0 Å². The van der Waals surface area contributed by atoms with Gasteiger partial charge in [-0.1, -0.05) is 344 Å². The van der Waals surface area contributed by atoms with Gasteiger partial charge in [0.15, 0.2) is 12.2 Å². The second-order valence-corrected chi connectivity index (χ2v) is 31.8. The molecule has 0 saturated carbocycles. The highest BCUT2D eigenvalue weighted by Crippen LogP contribution is 2.45. The molecule has 0 radical (unpaired) electrons. The van der Waals surface area contributed by atoms with Crippen molar-refractivity contribution in [1.29, 1.82) is 0 Å². The second-order valence-electron chi connectivity index (χ2n) is 28.9. The molecule has 0 amide bonds. The minimum absolute atomic E-state index is 0.107. The summed E-state index contributed by atoms with van der Waals surface area (Å²) in [6, 6.07) is 0. The first kappa shape index (κ1) is 94.1. The molecule has 0 spiro atoms. The highest BCUT2D eigenvalue weighted by atomic mass is 31.2. The summed E-state index contributed by atoms with van der Waals surface area (Å²) in [5, 5.41) is 10.6. The Balaban J connectivity index is 5.27. The van der Waals surface area contributed by atoms with Gasteiger partial charge in [-0.2, -0.15) is 0 Å². The number of rotatable bonds is 75. The van der Waals surface area contributed by atoms with Crippen molar-refractivity contribution < 1.29 is 80.2 Å². The third-order valence-electron chi connectivity index (χ3n) is 18.2. The predicted molar refractivity (Wildman–Crippen MR) is 391 cm³/mol. The monoisotopic (exact) mass is 1410 g/mol. The standard InChI is InChI=1S/C77H150O17P2/c1-8-10-11-12-13-14-15-17-25-30-39-46-53-60-76(81)94-73(65-88-75(80)59-52-45-38-33-32-36-43-50-57-70(7)9-2)67-92-96(85,86)90-63-71(78)62-89-95(83,84)91-66-72(64-87-74(79)58-51-44-37-29-24-21-20-23-28-35-42-49-56-69(5)6)93-77(82)61-54-47-40-31-26-19-16-18-22-27-34-41-48-55-68(3)4/h68-73,78H,8-67H2,1-7H3,(H,83,84)(H,85,86)/t70?,71-,72-,73-/m1/s1. The van der Waals surface area contributed by atoms with Gasteiger partial charge in [0.1, 0.15) is 19.3 Å². The summed E-state index contributed by atoms with van der Waals surface area (Å²) in [5.41, 5.74) is 0. The average Bonchev–Trinajstić information content (AvgIpc) is 1.70. The Labute approximate surface area is 588 Å². The predicted octanol–water partition coefficient (Wildman–Crippen LogP) is 22.6. The van der Waals surface area contributed by atoms with Gasteiger partial charge in [0, 0.05) is 25.7 Å². The van der Waals surface area contributed by atoms with Crippen LogP contribution in [0.1, 0.15) is 395 Å². The van der Waals surface area contributed by atoms with Crippen LogP contribution in [0.4, 0.5) is 0 Å². The summed E-state index contributed by atoms with van der Waals surface area (Å²) in [7, 11) is -9.92. The minimum atomic E-state index is -4.96. The van der Waals surface area contributed by atoms with Gasteiger partial charge in [-0.15, -0.1) is 0 Å². The lowest BCUT2D eigenvalue weighted by molar-refractivity contribution is -0.161. The van der Waals surface area contributed by atoms with Crippen molar-refractivity contribution in [1.82, 2.24) is 0 Å². The molecule has 0 heterocycles. The molecule has 3 unspecified atom stereocenters. The maximum atomic E-state index is 13.1. The summed E-state index contributed by atoms with van der Waals surface area (Å²) in [4.78, 5) is 72.9. The number of phosphoric ester groups is 2. The highest BCUT2D eigenvalue weighted by molar-refractivity contribution is 7.47. The van der Waals surface area contributed by atoms with Crippen molar-refractivity contribution in [3.8, 4) is 0 Å². The van der Waals surface area contributed by atoms with Gasteiger partial charge in [0.2, 0.25) is 0 Å². The summed E-state index contributed by atoms with van der Waals surface area (Å²) in [6.45, 7) is 11.9. The fourth-order valence-electron chi connectivity index (χ4n) is 11.7. The third-order valence-corrected chi connectivity index (χ3v) is 20.1. The number of hydrogen-bond donors (Lipinski definition) is 3. The minimum Gasteiger partial charge on any atom is -0.462 e. The van der Waals surface area contributed by atoms with Crippen LogP contribution < -0.4 is 0 Å². The number of aliphatic hydroxyl groups excluding tert-OH is 1. The van der Waals surface area contributed by atoms with Crippen molar-refractivity contribution in [3.05, 3.63) is 0 Å². The topological polar surface area (TPSA) is 237 Å². The van der Waals surface area contributed by atoms with E-state index < -0.39 is 97.5 Å². The van der Waals surface area contributed by atoms with Gasteiger partial charge in [-0.25, -0.2) is 9.13 Å². The Morgan fingerprint density at radius 2 is 0.531 bits per heavy atom. The van der Waals surface area contributed by atoms with Gasteiger partial charge >= 0.3 is 39.5 Å². The van der Waals surface area contributed by atoms with Crippen LogP contribution in [-0.2, 0) is 65.4 Å². The van der Waals surface area contributed by atoms with E-state index in [1.807, 2.05) is 0 Å². The van der Waals surface area contributed by atoms with Crippen LogP contribution >= 0.6 is 15.6 Å². The summed E-state index contributed by atoms with van der Waals surface area (Å²) in [5.74, 6) is 0.232. The van der Waals surface area contributed by atoms with E-state index in [-0.39, 0.29) is 25.7 Å². The molecule has 6 atom stereocenters. The second kappa shape index (κ2) is 67.5. The number of hydrogen-bond acceptors (Lipinski definition) is 15. The Bertz CT molecular complexity index is 1870. The number of ether oxygens (including phenoxy) is 4. The van der Waals surface area contributed by atoms with Gasteiger partial charge in [-0.3, -0.25) is 37.3 Å².